The van der Waals surface area contributed by atoms with Crippen LogP contribution in [0.4, 0.5) is 0 Å². The molecule has 0 bridgehead atoms. The number of carbonyl (C=O) groups is 2. The number of rotatable bonds is 45. The fraction of sp³-hybridized carbons (Fsp3) is 0.882. The van der Waals surface area contributed by atoms with Gasteiger partial charge in [0.2, 0.25) is 5.91 Å². The van der Waals surface area contributed by atoms with E-state index in [0.29, 0.717) is 19.3 Å². The van der Waals surface area contributed by atoms with Crippen molar-refractivity contribution in [1.29, 1.82) is 0 Å². The average Bonchev–Trinajstić information content (AvgIpc) is 3.20. The molecule has 0 heterocycles. The predicted octanol–water partition coefficient (Wildman–Crippen LogP) is 14.7. The Morgan fingerprint density at radius 3 is 1.32 bits per heavy atom. The molecule has 0 saturated carbocycles. The van der Waals surface area contributed by atoms with E-state index in [0.717, 1.165) is 70.6 Å². The van der Waals surface area contributed by atoms with E-state index in [1.54, 1.807) is 0 Å². The minimum Gasteiger partial charge on any atom is -0.462 e. The maximum absolute atomic E-state index is 13.2. The van der Waals surface area contributed by atoms with Gasteiger partial charge in [0.15, 0.2) is 0 Å². The number of unbranched alkanes of at least 4 members (excludes halogenated alkanes) is 30. The summed E-state index contributed by atoms with van der Waals surface area (Å²) in [4.78, 5) is 26.1. The standard InChI is InChI=1S/C51H97NO5/c1-4-7-10-13-16-19-22-24-25-26-27-28-30-33-36-39-42-47(57-51(56)44-41-38-35-32-29-23-20-17-14-11-8-5-2)45-50(55)52-48(46-53)49(54)43-40-37-34-31-21-18-15-12-9-6-3/h25-28,47-49,53-54H,4-24,29-46H2,1-3H3,(H,52,55)/b26-25+,28-27+. The zero-order valence-corrected chi connectivity index (χ0v) is 38.2. The van der Waals surface area contributed by atoms with Gasteiger partial charge in [-0.3, -0.25) is 9.59 Å². The summed E-state index contributed by atoms with van der Waals surface area (Å²) in [5.74, 6) is -0.489. The lowest BCUT2D eigenvalue weighted by molar-refractivity contribution is -0.151. The lowest BCUT2D eigenvalue weighted by Crippen LogP contribution is -2.46. The van der Waals surface area contributed by atoms with Crippen LogP contribution in [0.1, 0.15) is 265 Å². The maximum Gasteiger partial charge on any atom is 0.306 e. The molecular weight excluding hydrogens is 707 g/mol. The Bertz CT molecular complexity index is 904. The van der Waals surface area contributed by atoms with E-state index in [2.05, 4.69) is 50.4 Å². The second-order valence-electron chi connectivity index (χ2n) is 17.3. The summed E-state index contributed by atoms with van der Waals surface area (Å²) in [6, 6.07) is -0.704. The highest BCUT2D eigenvalue weighted by atomic mass is 16.5. The molecule has 0 aromatic carbocycles. The summed E-state index contributed by atoms with van der Waals surface area (Å²) in [7, 11) is 0. The highest BCUT2D eigenvalue weighted by molar-refractivity contribution is 5.77. The highest BCUT2D eigenvalue weighted by Gasteiger charge is 2.24. The molecule has 3 N–H and O–H groups in total. The molecule has 3 unspecified atom stereocenters. The molecule has 0 radical (unpaired) electrons. The fourth-order valence-corrected chi connectivity index (χ4v) is 7.72. The molecule has 0 aliphatic carbocycles. The van der Waals surface area contributed by atoms with Gasteiger partial charge in [-0.15, -0.1) is 0 Å². The highest BCUT2D eigenvalue weighted by Crippen LogP contribution is 2.18. The van der Waals surface area contributed by atoms with Crippen molar-refractivity contribution in [3.8, 4) is 0 Å². The van der Waals surface area contributed by atoms with Gasteiger partial charge in [-0.25, -0.2) is 0 Å². The van der Waals surface area contributed by atoms with E-state index in [1.165, 1.54) is 148 Å². The SMILES string of the molecule is CCCCCCCCC/C=C/C=C/CCCCCC(CC(=O)NC(CO)C(O)CCCCCCCCCCCC)OC(=O)CCCCCCCCCCCCCC. The maximum atomic E-state index is 13.2. The normalized spacial score (nSPS) is 13.4. The van der Waals surface area contributed by atoms with Gasteiger partial charge in [-0.1, -0.05) is 225 Å². The molecule has 6 heteroatoms. The molecule has 0 aliphatic heterocycles. The third-order valence-corrected chi connectivity index (χ3v) is 11.6. The number of aliphatic hydroxyl groups is 2. The topological polar surface area (TPSA) is 95.9 Å². The van der Waals surface area contributed by atoms with Crippen molar-refractivity contribution in [2.24, 2.45) is 0 Å². The van der Waals surface area contributed by atoms with Crippen LogP contribution in [0, 0.1) is 0 Å². The van der Waals surface area contributed by atoms with Gasteiger partial charge in [-0.2, -0.15) is 0 Å². The lowest BCUT2D eigenvalue weighted by Gasteiger charge is -2.24. The molecule has 0 aliphatic rings. The summed E-state index contributed by atoms with van der Waals surface area (Å²) in [6.45, 7) is 6.46. The van der Waals surface area contributed by atoms with Crippen LogP contribution < -0.4 is 5.32 Å². The minimum atomic E-state index is -0.789. The molecule has 57 heavy (non-hydrogen) atoms. The number of hydrogen-bond donors (Lipinski definition) is 3. The van der Waals surface area contributed by atoms with Crippen LogP contribution in [-0.2, 0) is 14.3 Å². The van der Waals surface area contributed by atoms with Crippen LogP contribution >= 0.6 is 0 Å². The van der Waals surface area contributed by atoms with E-state index in [4.69, 9.17) is 4.74 Å². The van der Waals surface area contributed by atoms with Crippen molar-refractivity contribution in [3.63, 3.8) is 0 Å². The predicted molar refractivity (Wildman–Crippen MR) is 246 cm³/mol. The first-order valence-electron chi connectivity index (χ1n) is 25.1. The van der Waals surface area contributed by atoms with E-state index in [1.807, 2.05) is 0 Å². The molecule has 1 amide bonds. The van der Waals surface area contributed by atoms with Crippen molar-refractivity contribution in [3.05, 3.63) is 24.3 Å². The second-order valence-corrected chi connectivity index (χ2v) is 17.3. The molecule has 0 fully saturated rings. The van der Waals surface area contributed by atoms with Gasteiger partial charge in [0.1, 0.15) is 6.10 Å². The van der Waals surface area contributed by atoms with Crippen LogP contribution in [0.15, 0.2) is 24.3 Å². The van der Waals surface area contributed by atoms with Crippen LogP contribution in [0.3, 0.4) is 0 Å². The Hall–Kier alpha value is -1.66. The van der Waals surface area contributed by atoms with Crippen molar-refractivity contribution in [2.45, 2.75) is 283 Å². The average molecular weight is 804 g/mol. The minimum absolute atomic E-state index is 0.0646. The molecule has 0 saturated heterocycles. The third-order valence-electron chi connectivity index (χ3n) is 11.6. The van der Waals surface area contributed by atoms with Gasteiger partial charge >= 0.3 is 5.97 Å². The summed E-state index contributed by atoms with van der Waals surface area (Å²) in [6.07, 6.45) is 50.9. The summed E-state index contributed by atoms with van der Waals surface area (Å²) in [5, 5.41) is 23.7. The van der Waals surface area contributed by atoms with Crippen molar-refractivity contribution < 1.29 is 24.5 Å². The van der Waals surface area contributed by atoms with Gasteiger partial charge in [0.25, 0.3) is 0 Å². The van der Waals surface area contributed by atoms with Gasteiger partial charge in [0, 0.05) is 6.42 Å². The van der Waals surface area contributed by atoms with Crippen LogP contribution in [-0.4, -0.2) is 46.9 Å². The molecule has 336 valence electrons. The van der Waals surface area contributed by atoms with E-state index in [-0.39, 0.29) is 24.9 Å². The number of nitrogens with one attached hydrogen (secondary N) is 1. The van der Waals surface area contributed by atoms with E-state index >= 15 is 0 Å². The Morgan fingerprint density at radius 1 is 0.509 bits per heavy atom. The number of allylic oxidation sites excluding steroid dienone is 4. The van der Waals surface area contributed by atoms with Crippen molar-refractivity contribution in [1.82, 2.24) is 5.32 Å². The van der Waals surface area contributed by atoms with Crippen molar-refractivity contribution >= 4 is 11.9 Å². The summed E-state index contributed by atoms with van der Waals surface area (Å²) >= 11 is 0. The van der Waals surface area contributed by atoms with Gasteiger partial charge in [0.05, 0.1) is 25.2 Å². The third kappa shape index (κ3) is 40.9. The Labute approximate surface area is 354 Å². The number of ether oxygens (including phenoxy) is 1. The van der Waals surface area contributed by atoms with Crippen LogP contribution in [0.2, 0.25) is 0 Å². The van der Waals surface area contributed by atoms with Crippen LogP contribution in [0.25, 0.3) is 0 Å². The largest absolute Gasteiger partial charge is 0.462 e. The first-order chi connectivity index (χ1) is 28.0. The zero-order chi connectivity index (χ0) is 41.7. The summed E-state index contributed by atoms with van der Waals surface area (Å²) < 4.78 is 5.91. The molecule has 0 spiro atoms. The monoisotopic (exact) mass is 804 g/mol. The van der Waals surface area contributed by atoms with E-state index in [9.17, 15) is 19.8 Å². The molecule has 6 nitrogen and oxygen atoms in total. The quantitative estimate of drug-likeness (QED) is 0.0324. The number of aliphatic hydroxyl groups excluding tert-OH is 2. The molecule has 0 aromatic heterocycles. The number of amides is 1. The first kappa shape index (κ1) is 55.3. The fourth-order valence-electron chi connectivity index (χ4n) is 7.72. The number of hydrogen-bond acceptors (Lipinski definition) is 5. The molecule has 0 aromatic rings. The molecular formula is C51H97NO5. The van der Waals surface area contributed by atoms with Crippen LogP contribution in [0.5, 0.6) is 0 Å². The lowest BCUT2D eigenvalue weighted by atomic mass is 10.0. The number of esters is 1. The van der Waals surface area contributed by atoms with Gasteiger partial charge < -0.3 is 20.3 Å². The molecule has 0 rings (SSSR count). The van der Waals surface area contributed by atoms with Gasteiger partial charge in [-0.05, 0) is 51.4 Å². The number of carbonyl (C=O) groups excluding carboxylic acids is 2. The molecule has 3 atom stereocenters. The Morgan fingerprint density at radius 2 is 0.877 bits per heavy atom. The Balaban J connectivity index is 4.62. The smallest absolute Gasteiger partial charge is 0.306 e. The summed E-state index contributed by atoms with van der Waals surface area (Å²) in [5.41, 5.74) is 0. The zero-order valence-electron chi connectivity index (χ0n) is 38.2. The second kappa shape index (κ2) is 45.4. The first-order valence-corrected chi connectivity index (χ1v) is 25.1. The van der Waals surface area contributed by atoms with E-state index < -0.39 is 18.2 Å². The Kier molecular flexibility index (Phi) is 44.1. The van der Waals surface area contributed by atoms with Crippen molar-refractivity contribution in [2.75, 3.05) is 6.61 Å².